The molecule has 0 N–H and O–H groups in total. The molecular weight excluding hydrogens is 390 g/mol. The fourth-order valence-electron chi connectivity index (χ4n) is 4.60. The Morgan fingerprint density at radius 2 is 1.71 bits per heavy atom. The lowest BCUT2D eigenvalue weighted by atomic mass is 10.1. The number of amides is 3. The first kappa shape index (κ1) is 19.6. The molecule has 3 aliphatic heterocycles. The number of anilines is 1. The number of guanidine groups is 1. The summed E-state index contributed by atoms with van der Waals surface area (Å²) in [5, 5.41) is 0. The molecule has 0 radical (unpaired) electrons. The molecule has 3 heterocycles. The predicted octanol–water partition coefficient (Wildman–Crippen LogP) is 2.89. The van der Waals surface area contributed by atoms with Crippen LogP contribution in [0.1, 0.15) is 22.3 Å². The van der Waals surface area contributed by atoms with Crippen LogP contribution in [-0.4, -0.2) is 64.9 Å². The topological polar surface area (TPSA) is 59.5 Å². The summed E-state index contributed by atoms with van der Waals surface area (Å²) >= 11 is 0. The molecule has 2 atom stereocenters. The summed E-state index contributed by atoms with van der Waals surface area (Å²) < 4.78 is 0. The fraction of sp³-hybridized carbons (Fsp3) is 0.375. The summed E-state index contributed by atoms with van der Waals surface area (Å²) in [6, 6.07) is 13.5. The zero-order chi connectivity index (χ0) is 21.9. The maximum Gasteiger partial charge on any atom is 0.328 e. The van der Waals surface area contributed by atoms with Crippen LogP contribution in [0, 0.1) is 20.8 Å². The summed E-state index contributed by atoms with van der Waals surface area (Å²) in [6.45, 7) is 7.97. The van der Waals surface area contributed by atoms with E-state index in [0.717, 1.165) is 29.3 Å². The number of carbonyl (C=O) groups excluding carboxylic acids is 2. The Hall–Kier alpha value is -3.35. The highest BCUT2D eigenvalue weighted by molar-refractivity contribution is 6.08. The number of rotatable bonds is 3. The molecule has 3 aliphatic rings. The van der Waals surface area contributed by atoms with E-state index in [1.54, 1.807) is 11.9 Å². The van der Waals surface area contributed by atoms with Crippen molar-refractivity contribution in [1.29, 1.82) is 0 Å². The number of imide groups is 1. The number of fused-ring (bicyclic) bond motifs is 3. The highest BCUT2D eigenvalue weighted by Crippen LogP contribution is 2.34. The summed E-state index contributed by atoms with van der Waals surface area (Å²) in [6.07, 6.45) is -0.487. The summed E-state index contributed by atoms with van der Waals surface area (Å²) in [7, 11) is 1.74. The molecular formula is C24H27N5O2. The number of aryl methyl sites for hydroxylation is 3. The second-order valence-electron chi connectivity index (χ2n) is 8.70. The van der Waals surface area contributed by atoms with E-state index < -0.39 is 12.2 Å². The van der Waals surface area contributed by atoms with Crippen LogP contribution in [0.4, 0.5) is 10.5 Å². The number of likely N-dealkylation sites (N-methyl/N-ethyl adjacent to an activating group) is 1. The van der Waals surface area contributed by atoms with Crippen LogP contribution in [0.15, 0.2) is 47.5 Å². The monoisotopic (exact) mass is 417 g/mol. The van der Waals surface area contributed by atoms with E-state index in [0.29, 0.717) is 6.54 Å². The van der Waals surface area contributed by atoms with Gasteiger partial charge in [0.2, 0.25) is 5.96 Å². The summed E-state index contributed by atoms with van der Waals surface area (Å²) in [5.41, 5.74) is 5.63. The van der Waals surface area contributed by atoms with Crippen LogP contribution in [0.25, 0.3) is 0 Å². The van der Waals surface area contributed by atoms with E-state index in [-0.39, 0.29) is 18.5 Å². The molecule has 2 saturated heterocycles. The third kappa shape index (κ3) is 3.07. The number of benzene rings is 2. The Morgan fingerprint density at radius 3 is 2.42 bits per heavy atom. The van der Waals surface area contributed by atoms with E-state index in [2.05, 4.69) is 41.8 Å². The molecule has 0 spiro atoms. The molecule has 0 saturated carbocycles. The van der Waals surface area contributed by atoms with Crippen molar-refractivity contribution in [2.75, 3.05) is 25.0 Å². The van der Waals surface area contributed by atoms with Gasteiger partial charge in [-0.15, -0.1) is 0 Å². The smallest absolute Gasteiger partial charge is 0.325 e. The van der Waals surface area contributed by atoms with Gasteiger partial charge in [0.1, 0.15) is 0 Å². The van der Waals surface area contributed by atoms with Gasteiger partial charge in [-0.05, 0) is 49.6 Å². The van der Waals surface area contributed by atoms with Crippen molar-refractivity contribution in [2.24, 2.45) is 4.99 Å². The standard InChI is InChI=1S/C24H27N5O2/c1-15-5-8-18(9-6-15)14-29-22(30)20-21(26(4)24(29)31)25-23-27(11-12-28(20)23)19-10-7-16(2)17(3)13-19/h5-10,13,20-21H,11-12,14H2,1-4H3. The van der Waals surface area contributed by atoms with Gasteiger partial charge in [-0.3, -0.25) is 9.69 Å². The molecule has 3 amide bonds. The number of aliphatic imine (C=N–C) groups is 1. The Balaban J connectivity index is 1.43. The van der Waals surface area contributed by atoms with Gasteiger partial charge in [0, 0.05) is 25.8 Å². The van der Waals surface area contributed by atoms with Crippen molar-refractivity contribution in [3.63, 3.8) is 0 Å². The van der Waals surface area contributed by atoms with Gasteiger partial charge in [-0.1, -0.05) is 35.9 Å². The van der Waals surface area contributed by atoms with E-state index in [1.165, 1.54) is 16.0 Å². The molecule has 0 aliphatic carbocycles. The zero-order valence-electron chi connectivity index (χ0n) is 18.4. The van der Waals surface area contributed by atoms with Crippen molar-refractivity contribution in [2.45, 2.75) is 39.5 Å². The second-order valence-corrected chi connectivity index (χ2v) is 8.70. The summed E-state index contributed by atoms with van der Waals surface area (Å²) in [4.78, 5) is 38.5. The number of carbonyl (C=O) groups is 2. The number of hydrogen-bond donors (Lipinski definition) is 0. The Kier molecular flexibility index (Phi) is 4.50. The number of nitrogens with zero attached hydrogens (tertiary/aromatic N) is 5. The van der Waals surface area contributed by atoms with Gasteiger partial charge in [0.05, 0.1) is 6.54 Å². The van der Waals surface area contributed by atoms with Gasteiger partial charge in [0.25, 0.3) is 5.91 Å². The average Bonchev–Trinajstić information content (AvgIpc) is 3.32. The van der Waals surface area contributed by atoms with Gasteiger partial charge < -0.3 is 14.7 Å². The van der Waals surface area contributed by atoms with E-state index in [1.807, 2.05) is 31.2 Å². The minimum absolute atomic E-state index is 0.172. The molecule has 2 aromatic rings. The van der Waals surface area contributed by atoms with Gasteiger partial charge in [-0.2, -0.15) is 0 Å². The third-order valence-corrected chi connectivity index (χ3v) is 6.64. The molecule has 0 aromatic heterocycles. The van der Waals surface area contributed by atoms with Gasteiger partial charge >= 0.3 is 6.03 Å². The van der Waals surface area contributed by atoms with Crippen molar-refractivity contribution >= 4 is 23.6 Å². The maximum atomic E-state index is 13.5. The third-order valence-electron chi connectivity index (χ3n) is 6.64. The van der Waals surface area contributed by atoms with Crippen LogP contribution < -0.4 is 4.90 Å². The molecule has 31 heavy (non-hydrogen) atoms. The van der Waals surface area contributed by atoms with Crippen LogP contribution in [0.5, 0.6) is 0 Å². The van der Waals surface area contributed by atoms with Crippen LogP contribution in [-0.2, 0) is 11.3 Å². The minimum atomic E-state index is -0.487. The van der Waals surface area contributed by atoms with Crippen molar-refractivity contribution < 1.29 is 9.59 Å². The average molecular weight is 418 g/mol. The second kappa shape index (κ2) is 7.11. The quantitative estimate of drug-likeness (QED) is 0.771. The van der Waals surface area contributed by atoms with Crippen molar-refractivity contribution in [3.8, 4) is 0 Å². The van der Waals surface area contributed by atoms with Gasteiger partial charge in [0.15, 0.2) is 12.2 Å². The molecule has 2 aromatic carbocycles. The lowest BCUT2D eigenvalue weighted by molar-refractivity contribution is -0.137. The highest BCUT2D eigenvalue weighted by Gasteiger charge is 2.54. The normalized spacial score (nSPS) is 22.8. The molecule has 160 valence electrons. The van der Waals surface area contributed by atoms with E-state index in [9.17, 15) is 9.59 Å². The largest absolute Gasteiger partial charge is 0.328 e. The fourth-order valence-corrected chi connectivity index (χ4v) is 4.60. The van der Waals surface area contributed by atoms with E-state index in [4.69, 9.17) is 4.99 Å². The lowest BCUT2D eigenvalue weighted by Gasteiger charge is -2.40. The van der Waals surface area contributed by atoms with E-state index >= 15 is 0 Å². The Labute approximate surface area is 182 Å². The molecule has 2 unspecified atom stereocenters. The first-order valence-corrected chi connectivity index (χ1v) is 10.7. The first-order chi connectivity index (χ1) is 14.8. The van der Waals surface area contributed by atoms with Crippen LogP contribution in [0.2, 0.25) is 0 Å². The molecule has 7 heteroatoms. The SMILES string of the molecule is Cc1ccc(CN2C(=O)C3C(N=C4N(c5ccc(C)c(C)c5)CCN43)N(C)C2=O)cc1. The van der Waals surface area contributed by atoms with Crippen LogP contribution >= 0.6 is 0 Å². The summed E-state index contributed by atoms with van der Waals surface area (Å²) in [5.74, 6) is 0.609. The zero-order valence-corrected chi connectivity index (χ0v) is 18.4. The minimum Gasteiger partial charge on any atom is -0.325 e. The molecule has 7 nitrogen and oxygen atoms in total. The number of hydrogen-bond acceptors (Lipinski definition) is 5. The Bertz CT molecular complexity index is 1090. The van der Waals surface area contributed by atoms with Crippen LogP contribution in [0.3, 0.4) is 0 Å². The lowest BCUT2D eigenvalue weighted by Crippen LogP contribution is -2.64. The van der Waals surface area contributed by atoms with Crippen molar-refractivity contribution in [3.05, 3.63) is 64.7 Å². The molecule has 2 fully saturated rings. The first-order valence-electron chi connectivity index (χ1n) is 10.7. The Morgan fingerprint density at radius 1 is 0.968 bits per heavy atom. The molecule has 5 rings (SSSR count). The molecule has 0 bridgehead atoms. The van der Waals surface area contributed by atoms with Crippen molar-refractivity contribution in [1.82, 2.24) is 14.7 Å². The number of urea groups is 1. The predicted molar refractivity (Wildman–Crippen MR) is 120 cm³/mol. The highest BCUT2D eigenvalue weighted by atomic mass is 16.2. The van der Waals surface area contributed by atoms with Gasteiger partial charge in [-0.25, -0.2) is 9.79 Å². The maximum absolute atomic E-state index is 13.5.